The molecule has 1 fully saturated rings. The molecular weight excluding hydrogens is 388 g/mol. The number of carbonyl (C=O) groups excluding carboxylic acids is 1. The van der Waals surface area contributed by atoms with Crippen LogP contribution in [0.2, 0.25) is 5.28 Å². The molecule has 2 aromatic rings. The fourth-order valence-corrected chi connectivity index (χ4v) is 3.68. The van der Waals surface area contributed by atoms with Crippen molar-refractivity contribution in [3.63, 3.8) is 0 Å². The number of aromatic nitrogens is 2. The first-order valence-electron chi connectivity index (χ1n) is 10.1. The first-order valence-corrected chi connectivity index (χ1v) is 10.5. The van der Waals surface area contributed by atoms with E-state index in [-0.39, 0.29) is 17.4 Å². The molecule has 1 aromatic heterocycles. The van der Waals surface area contributed by atoms with Gasteiger partial charge in [-0.3, -0.25) is 0 Å². The molecule has 1 amide bonds. The number of benzene rings is 1. The zero-order chi connectivity index (χ0) is 20.9. The Bertz CT molecular complexity index is 838. The third kappa shape index (κ3) is 6.41. The highest BCUT2D eigenvalue weighted by molar-refractivity contribution is 6.28. The Morgan fingerprint density at radius 2 is 2.17 bits per heavy atom. The van der Waals surface area contributed by atoms with Crippen LogP contribution in [0.5, 0.6) is 0 Å². The lowest BCUT2D eigenvalue weighted by Gasteiger charge is -2.28. The molecule has 0 bridgehead atoms. The minimum atomic E-state index is -0.457. The lowest BCUT2D eigenvalue weighted by Crippen LogP contribution is -2.40. The van der Waals surface area contributed by atoms with Gasteiger partial charge in [-0.2, -0.15) is 0 Å². The monoisotopic (exact) mass is 416 g/mol. The molecule has 1 aliphatic heterocycles. The van der Waals surface area contributed by atoms with E-state index in [1.165, 1.54) is 5.56 Å². The average molecular weight is 417 g/mol. The van der Waals surface area contributed by atoms with Crippen LogP contribution in [0.1, 0.15) is 45.6 Å². The summed E-state index contributed by atoms with van der Waals surface area (Å²) in [6.07, 6.45) is 4.45. The van der Waals surface area contributed by atoms with Crippen LogP contribution in [-0.2, 0) is 11.3 Å². The predicted molar refractivity (Wildman–Crippen MR) is 115 cm³/mol. The van der Waals surface area contributed by atoms with Crippen LogP contribution >= 0.6 is 11.6 Å². The van der Waals surface area contributed by atoms with Crippen LogP contribution in [0.15, 0.2) is 36.5 Å². The van der Waals surface area contributed by atoms with Gasteiger partial charge in [0.1, 0.15) is 5.60 Å². The van der Waals surface area contributed by atoms with Crippen LogP contribution in [-0.4, -0.2) is 45.7 Å². The molecule has 1 unspecified atom stereocenters. The summed E-state index contributed by atoms with van der Waals surface area (Å²) in [5.74, 6) is 0. The maximum Gasteiger partial charge on any atom is 0.410 e. The van der Waals surface area contributed by atoms with Crippen molar-refractivity contribution in [2.45, 2.75) is 58.2 Å². The topological polar surface area (TPSA) is 67.3 Å². The van der Waals surface area contributed by atoms with Crippen LogP contribution in [0.25, 0.3) is 11.3 Å². The van der Waals surface area contributed by atoms with Crippen molar-refractivity contribution in [3.05, 3.63) is 47.4 Å². The number of hydrogen-bond donors (Lipinski definition) is 1. The average Bonchev–Trinajstić information content (AvgIpc) is 3.13. The van der Waals surface area contributed by atoms with Gasteiger partial charge in [0.15, 0.2) is 0 Å². The van der Waals surface area contributed by atoms with E-state index in [9.17, 15) is 4.79 Å². The van der Waals surface area contributed by atoms with Crippen LogP contribution in [0.3, 0.4) is 0 Å². The van der Waals surface area contributed by atoms with Crippen molar-refractivity contribution in [2.75, 3.05) is 13.1 Å². The van der Waals surface area contributed by atoms with E-state index in [0.717, 1.165) is 50.2 Å². The highest BCUT2D eigenvalue weighted by Crippen LogP contribution is 2.23. The standard InChI is InChI=1S/C22H29ClN4O2/c1-22(2,3)29-21(28)27-13-5-8-18(27)9-11-24-15-16-6-4-7-17(14-16)19-10-12-25-20(23)26-19/h4,6-7,10,12,14,18,24H,5,8-9,11,13,15H2,1-3H3. The third-order valence-corrected chi connectivity index (χ3v) is 5.02. The largest absolute Gasteiger partial charge is 0.444 e. The van der Waals surface area contributed by atoms with Crippen LogP contribution < -0.4 is 5.32 Å². The number of rotatable bonds is 6. The fraction of sp³-hybridized carbons (Fsp3) is 0.500. The number of nitrogens with one attached hydrogen (secondary N) is 1. The SMILES string of the molecule is CC(C)(C)OC(=O)N1CCCC1CCNCc1cccc(-c2ccnc(Cl)n2)c1. The van der Waals surface area contributed by atoms with Gasteiger partial charge >= 0.3 is 6.09 Å². The molecule has 29 heavy (non-hydrogen) atoms. The Morgan fingerprint density at radius 1 is 1.34 bits per heavy atom. The lowest BCUT2D eigenvalue weighted by molar-refractivity contribution is 0.0220. The fourth-order valence-electron chi connectivity index (χ4n) is 3.53. The number of likely N-dealkylation sites (tertiary alicyclic amines) is 1. The maximum absolute atomic E-state index is 12.4. The summed E-state index contributed by atoms with van der Waals surface area (Å²) in [6, 6.07) is 10.3. The Balaban J connectivity index is 1.49. The molecule has 156 valence electrons. The summed E-state index contributed by atoms with van der Waals surface area (Å²) in [4.78, 5) is 22.5. The Hall–Kier alpha value is -2.18. The van der Waals surface area contributed by atoms with Crippen LogP contribution in [0.4, 0.5) is 4.79 Å². The molecule has 1 aromatic carbocycles. The molecule has 1 atom stereocenters. The summed E-state index contributed by atoms with van der Waals surface area (Å²) in [5.41, 5.74) is 2.54. The first-order chi connectivity index (χ1) is 13.8. The van der Waals surface area contributed by atoms with Crippen LogP contribution in [0, 0.1) is 0 Å². The molecule has 0 saturated carbocycles. The van der Waals surface area contributed by atoms with Gasteiger partial charge in [-0.05, 0) is 75.9 Å². The highest BCUT2D eigenvalue weighted by atomic mass is 35.5. The molecule has 7 heteroatoms. The highest BCUT2D eigenvalue weighted by Gasteiger charge is 2.31. The second-order valence-electron chi connectivity index (χ2n) is 8.35. The van der Waals surface area contributed by atoms with E-state index in [2.05, 4.69) is 27.4 Å². The van der Waals surface area contributed by atoms with E-state index in [4.69, 9.17) is 16.3 Å². The summed E-state index contributed by atoms with van der Waals surface area (Å²) < 4.78 is 5.54. The molecule has 1 aliphatic rings. The van der Waals surface area contributed by atoms with Gasteiger partial charge in [0.25, 0.3) is 0 Å². The van der Waals surface area contributed by atoms with Gasteiger partial charge < -0.3 is 15.0 Å². The number of hydrogen-bond acceptors (Lipinski definition) is 5. The van der Waals surface area contributed by atoms with Crippen molar-refractivity contribution >= 4 is 17.7 Å². The predicted octanol–water partition coefficient (Wildman–Crippen LogP) is 4.68. The van der Waals surface area contributed by atoms with Gasteiger partial charge in [0.2, 0.25) is 5.28 Å². The quantitative estimate of drug-likeness (QED) is 0.547. The minimum Gasteiger partial charge on any atom is -0.444 e. The molecule has 0 aliphatic carbocycles. The van der Waals surface area contributed by atoms with Crippen molar-refractivity contribution in [3.8, 4) is 11.3 Å². The Morgan fingerprint density at radius 3 is 2.93 bits per heavy atom. The molecule has 0 radical (unpaired) electrons. The molecule has 1 saturated heterocycles. The van der Waals surface area contributed by atoms with E-state index in [1.54, 1.807) is 6.20 Å². The van der Waals surface area contributed by atoms with Crippen molar-refractivity contribution < 1.29 is 9.53 Å². The summed E-state index contributed by atoms with van der Waals surface area (Å²) >= 11 is 5.90. The Kier molecular flexibility index (Phi) is 7.09. The molecule has 1 N–H and O–H groups in total. The second-order valence-corrected chi connectivity index (χ2v) is 8.68. The molecule has 6 nitrogen and oxygen atoms in total. The number of carbonyl (C=O) groups is 1. The zero-order valence-corrected chi connectivity index (χ0v) is 18.1. The van der Waals surface area contributed by atoms with E-state index < -0.39 is 5.60 Å². The number of halogens is 1. The smallest absolute Gasteiger partial charge is 0.410 e. The minimum absolute atomic E-state index is 0.198. The van der Waals surface area contributed by atoms with Gasteiger partial charge in [-0.1, -0.05) is 18.2 Å². The number of nitrogens with zero attached hydrogens (tertiary/aromatic N) is 3. The number of amides is 1. The van der Waals surface area contributed by atoms with E-state index >= 15 is 0 Å². The van der Waals surface area contributed by atoms with E-state index in [1.807, 2.05) is 43.9 Å². The molecular formula is C22H29ClN4O2. The first kappa shape index (κ1) is 21.5. The maximum atomic E-state index is 12.4. The van der Waals surface area contributed by atoms with Gasteiger partial charge in [-0.25, -0.2) is 14.8 Å². The van der Waals surface area contributed by atoms with Crippen molar-refractivity contribution in [1.29, 1.82) is 0 Å². The zero-order valence-electron chi connectivity index (χ0n) is 17.3. The van der Waals surface area contributed by atoms with Gasteiger partial charge in [-0.15, -0.1) is 0 Å². The summed E-state index contributed by atoms with van der Waals surface area (Å²) in [7, 11) is 0. The Labute approximate surface area is 177 Å². The summed E-state index contributed by atoms with van der Waals surface area (Å²) in [6.45, 7) is 8.09. The molecule has 0 spiro atoms. The normalized spacial score (nSPS) is 16.8. The lowest BCUT2D eigenvalue weighted by atomic mass is 10.1. The van der Waals surface area contributed by atoms with Crippen molar-refractivity contribution in [1.82, 2.24) is 20.2 Å². The van der Waals surface area contributed by atoms with Gasteiger partial charge in [0.05, 0.1) is 5.69 Å². The van der Waals surface area contributed by atoms with Crippen molar-refractivity contribution in [2.24, 2.45) is 0 Å². The van der Waals surface area contributed by atoms with E-state index in [0.29, 0.717) is 0 Å². The summed E-state index contributed by atoms with van der Waals surface area (Å²) in [5, 5.41) is 3.74. The number of ether oxygens (including phenoxy) is 1. The molecule has 3 rings (SSSR count). The van der Waals surface area contributed by atoms with Gasteiger partial charge in [0, 0.05) is 30.9 Å². The molecule has 2 heterocycles. The second kappa shape index (κ2) is 9.55. The third-order valence-electron chi connectivity index (χ3n) is 4.84.